The summed E-state index contributed by atoms with van der Waals surface area (Å²) in [5, 5.41) is 9.00. The van der Waals surface area contributed by atoms with Gasteiger partial charge in [0.05, 0.1) is 6.54 Å². The predicted octanol–water partition coefficient (Wildman–Crippen LogP) is 1.03. The Balaban J connectivity index is 2.26. The summed E-state index contributed by atoms with van der Waals surface area (Å²) in [5.41, 5.74) is -0.402. The molecule has 1 heterocycles. The minimum atomic E-state index is -0.402. The van der Waals surface area contributed by atoms with Crippen molar-refractivity contribution in [3.63, 3.8) is 0 Å². The molecule has 1 aliphatic heterocycles. The van der Waals surface area contributed by atoms with Crippen molar-refractivity contribution >= 4 is 5.97 Å². The van der Waals surface area contributed by atoms with Gasteiger partial charge in [0, 0.05) is 6.61 Å². The number of rotatable bonds is 3. The maximum atomic E-state index is 11.6. The largest absolute Gasteiger partial charge is 0.459 e. The molecule has 0 atom stereocenters. The Morgan fingerprint density at radius 3 is 2.38 bits per heavy atom. The van der Waals surface area contributed by atoms with Gasteiger partial charge in [0.25, 0.3) is 0 Å². The highest BCUT2D eigenvalue weighted by atomic mass is 16.6. The van der Waals surface area contributed by atoms with Crippen LogP contribution in [0.4, 0.5) is 0 Å². The lowest BCUT2D eigenvalue weighted by Gasteiger charge is -2.31. The van der Waals surface area contributed by atoms with Crippen molar-refractivity contribution < 1.29 is 14.6 Å². The zero-order chi connectivity index (χ0) is 12.2. The smallest absolute Gasteiger partial charge is 0.320 e. The number of nitrogens with zero attached hydrogens (tertiary/aromatic N) is 1. The second kappa shape index (κ2) is 5.64. The maximum Gasteiger partial charge on any atom is 0.320 e. The van der Waals surface area contributed by atoms with Gasteiger partial charge >= 0.3 is 5.97 Å². The predicted molar refractivity (Wildman–Crippen MR) is 62.1 cm³/mol. The number of esters is 1. The van der Waals surface area contributed by atoms with Crippen LogP contribution in [-0.4, -0.2) is 47.8 Å². The SMILES string of the molecule is CC(C)(C)OC(=O)CN1CCC(CO)CC1. The van der Waals surface area contributed by atoms with Crippen LogP contribution >= 0.6 is 0 Å². The number of carbonyl (C=O) groups excluding carboxylic acids is 1. The molecular formula is C12H23NO3. The molecule has 1 saturated heterocycles. The first kappa shape index (κ1) is 13.5. The van der Waals surface area contributed by atoms with Crippen LogP contribution in [0.25, 0.3) is 0 Å². The lowest BCUT2D eigenvalue weighted by Crippen LogP contribution is -2.40. The Labute approximate surface area is 97.6 Å². The van der Waals surface area contributed by atoms with Crippen LogP contribution in [0.1, 0.15) is 33.6 Å². The molecule has 1 N–H and O–H groups in total. The molecular weight excluding hydrogens is 206 g/mol. The fourth-order valence-electron chi connectivity index (χ4n) is 1.88. The van der Waals surface area contributed by atoms with Gasteiger partial charge in [-0.2, -0.15) is 0 Å². The molecule has 0 aromatic heterocycles. The van der Waals surface area contributed by atoms with Crippen LogP contribution in [-0.2, 0) is 9.53 Å². The summed E-state index contributed by atoms with van der Waals surface area (Å²) in [4.78, 5) is 13.7. The van der Waals surface area contributed by atoms with Gasteiger partial charge in [-0.1, -0.05) is 0 Å². The van der Waals surface area contributed by atoms with Crippen molar-refractivity contribution in [2.75, 3.05) is 26.2 Å². The highest BCUT2D eigenvalue weighted by molar-refractivity contribution is 5.72. The molecule has 0 aromatic carbocycles. The number of carbonyl (C=O) groups is 1. The number of ether oxygens (including phenoxy) is 1. The van der Waals surface area contributed by atoms with Crippen LogP contribution in [0.3, 0.4) is 0 Å². The van der Waals surface area contributed by atoms with E-state index in [2.05, 4.69) is 4.90 Å². The van der Waals surface area contributed by atoms with E-state index in [0.717, 1.165) is 25.9 Å². The number of hydrogen-bond acceptors (Lipinski definition) is 4. The van der Waals surface area contributed by atoms with E-state index in [-0.39, 0.29) is 12.6 Å². The van der Waals surface area contributed by atoms with Crippen molar-refractivity contribution in [1.82, 2.24) is 4.90 Å². The molecule has 1 rings (SSSR count). The number of piperidine rings is 1. The van der Waals surface area contributed by atoms with E-state index >= 15 is 0 Å². The van der Waals surface area contributed by atoms with Gasteiger partial charge in [-0.05, 0) is 52.6 Å². The minimum Gasteiger partial charge on any atom is -0.459 e. The minimum absolute atomic E-state index is 0.157. The molecule has 1 fully saturated rings. The first-order chi connectivity index (χ1) is 7.40. The topological polar surface area (TPSA) is 49.8 Å². The molecule has 0 radical (unpaired) electrons. The Kier molecular flexibility index (Phi) is 4.74. The number of aliphatic hydroxyl groups excluding tert-OH is 1. The van der Waals surface area contributed by atoms with Gasteiger partial charge in [0.1, 0.15) is 5.60 Å². The molecule has 4 heteroatoms. The van der Waals surface area contributed by atoms with Gasteiger partial charge in [-0.25, -0.2) is 0 Å². The van der Waals surface area contributed by atoms with Crippen molar-refractivity contribution in [2.24, 2.45) is 5.92 Å². The molecule has 0 saturated carbocycles. The number of aliphatic hydroxyl groups is 1. The molecule has 0 bridgehead atoms. The molecule has 4 nitrogen and oxygen atoms in total. The molecule has 0 amide bonds. The van der Waals surface area contributed by atoms with E-state index in [4.69, 9.17) is 9.84 Å². The second-order valence-corrected chi connectivity index (χ2v) is 5.49. The molecule has 94 valence electrons. The zero-order valence-electron chi connectivity index (χ0n) is 10.5. The normalized spacial score (nSPS) is 19.8. The van der Waals surface area contributed by atoms with E-state index < -0.39 is 5.60 Å². The Bertz CT molecular complexity index is 227. The summed E-state index contributed by atoms with van der Waals surface area (Å²) in [6.07, 6.45) is 1.94. The van der Waals surface area contributed by atoms with E-state index in [0.29, 0.717) is 12.5 Å². The summed E-state index contributed by atoms with van der Waals surface area (Å²) in [7, 11) is 0. The fraction of sp³-hybridized carbons (Fsp3) is 0.917. The highest BCUT2D eigenvalue weighted by Gasteiger charge is 2.22. The van der Waals surface area contributed by atoms with E-state index in [9.17, 15) is 4.79 Å². The average molecular weight is 229 g/mol. The van der Waals surface area contributed by atoms with Gasteiger partial charge in [0.2, 0.25) is 0 Å². The molecule has 1 aliphatic rings. The monoisotopic (exact) mass is 229 g/mol. The quantitative estimate of drug-likeness (QED) is 0.734. The van der Waals surface area contributed by atoms with E-state index in [1.165, 1.54) is 0 Å². The van der Waals surface area contributed by atoms with Gasteiger partial charge < -0.3 is 9.84 Å². The summed E-state index contributed by atoms with van der Waals surface area (Å²) < 4.78 is 5.26. The summed E-state index contributed by atoms with van der Waals surface area (Å²) in [6, 6.07) is 0. The van der Waals surface area contributed by atoms with Crippen molar-refractivity contribution in [1.29, 1.82) is 0 Å². The maximum absolute atomic E-state index is 11.6. The van der Waals surface area contributed by atoms with Crippen LogP contribution in [0, 0.1) is 5.92 Å². The van der Waals surface area contributed by atoms with E-state index in [1.807, 2.05) is 20.8 Å². The molecule has 0 aromatic rings. The van der Waals surface area contributed by atoms with Crippen molar-refractivity contribution in [2.45, 2.75) is 39.2 Å². The van der Waals surface area contributed by atoms with Gasteiger partial charge in [0.15, 0.2) is 0 Å². The summed E-state index contributed by atoms with van der Waals surface area (Å²) >= 11 is 0. The third-order valence-corrected chi connectivity index (χ3v) is 2.74. The zero-order valence-corrected chi connectivity index (χ0v) is 10.5. The second-order valence-electron chi connectivity index (χ2n) is 5.49. The van der Waals surface area contributed by atoms with Crippen LogP contribution in [0.5, 0.6) is 0 Å². The molecule has 0 spiro atoms. The standard InChI is InChI=1S/C12H23NO3/c1-12(2,3)16-11(15)8-13-6-4-10(9-14)5-7-13/h10,14H,4-9H2,1-3H3. The number of hydrogen-bond donors (Lipinski definition) is 1. The van der Waals surface area contributed by atoms with Crippen molar-refractivity contribution in [3.8, 4) is 0 Å². The molecule has 0 aliphatic carbocycles. The van der Waals surface area contributed by atoms with Crippen LogP contribution < -0.4 is 0 Å². The van der Waals surface area contributed by atoms with Crippen LogP contribution in [0.2, 0.25) is 0 Å². The average Bonchev–Trinajstić information content (AvgIpc) is 2.16. The number of likely N-dealkylation sites (tertiary alicyclic amines) is 1. The summed E-state index contributed by atoms with van der Waals surface area (Å²) in [6.45, 7) is 8.03. The highest BCUT2D eigenvalue weighted by Crippen LogP contribution is 2.16. The Morgan fingerprint density at radius 2 is 1.94 bits per heavy atom. The first-order valence-corrected chi connectivity index (χ1v) is 5.96. The Hall–Kier alpha value is -0.610. The van der Waals surface area contributed by atoms with Gasteiger partial charge in [-0.3, -0.25) is 9.69 Å². The third-order valence-electron chi connectivity index (χ3n) is 2.74. The van der Waals surface area contributed by atoms with E-state index in [1.54, 1.807) is 0 Å². The molecule has 0 unspecified atom stereocenters. The molecule has 16 heavy (non-hydrogen) atoms. The van der Waals surface area contributed by atoms with Crippen LogP contribution in [0.15, 0.2) is 0 Å². The third kappa shape index (κ3) is 4.94. The first-order valence-electron chi connectivity index (χ1n) is 5.96. The lowest BCUT2D eigenvalue weighted by atomic mass is 9.98. The lowest BCUT2D eigenvalue weighted by molar-refractivity contribution is -0.156. The summed E-state index contributed by atoms with van der Waals surface area (Å²) in [5.74, 6) is 0.254. The van der Waals surface area contributed by atoms with Gasteiger partial charge in [-0.15, -0.1) is 0 Å². The van der Waals surface area contributed by atoms with Crippen molar-refractivity contribution in [3.05, 3.63) is 0 Å². The Morgan fingerprint density at radius 1 is 1.38 bits per heavy atom. The fourth-order valence-corrected chi connectivity index (χ4v) is 1.88.